The first-order valence-electron chi connectivity index (χ1n) is 10.8. The van der Waals surface area contributed by atoms with Crippen molar-refractivity contribution < 1.29 is 4.79 Å². The van der Waals surface area contributed by atoms with Crippen LogP contribution in [0.1, 0.15) is 35.3 Å². The van der Waals surface area contributed by atoms with Crippen LogP contribution in [0.3, 0.4) is 0 Å². The number of fused-ring (bicyclic) bond motifs is 3. The van der Waals surface area contributed by atoms with E-state index >= 15 is 0 Å². The van der Waals surface area contributed by atoms with Crippen LogP contribution >= 0.6 is 11.6 Å². The first-order chi connectivity index (χ1) is 15.7. The topological polar surface area (TPSA) is 37.3 Å². The lowest BCUT2D eigenvalue weighted by molar-refractivity contribution is 0.194. The Balaban J connectivity index is 1.64. The zero-order valence-corrected chi connectivity index (χ0v) is 18.6. The molecule has 1 aliphatic rings. The van der Waals surface area contributed by atoms with Gasteiger partial charge in [-0.2, -0.15) is 0 Å². The minimum absolute atomic E-state index is 0.139. The molecule has 5 rings (SSSR count). The lowest BCUT2D eigenvalue weighted by atomic mass is 10.0. The number of nitrogens with zero attached hydrogens (tertiary/aromatic N) is 2. The van der Waals surface area contributed by atoms with Gasteiger partial charge in [0.2, 0.25) is 0 Å². The van der Waals surface area contributed by atoms with E-state index in [-0.39, 0.29) is 12.1 Å². The highest BCUT2D eigenvalue weighted by atomic mass is 35.5. The van der Waals surface area contributed by atoms with Gasteiger partial charge in [-0.05, 0) is 59.5 Å². The molecule has 1 aromatic heterocycles. The molecule has 0 bridgehead atoms. The second-order valence-corrected chi connectivity index (χ2v) is 8.39. The highest BCUT2D eigenvalue weighted by Gasteiger charge is 2.33. The molecule has 2 heterocycles. The fraction of sp³-hybridized carbons (Fsp3) is 0.148. The molecular weight excluding hydrogens is 418 g/mol. The summed E-state index contributed by atoms with van der Waals surface area (Å²) < 4.78 is 2.17. The average Bonchev–Trinajstić information content (AvgIpc) is 3.23. The summed E-state index contributed by atoms with van der Waals surface area (Å²) in [6, 6.07) is 27.6. The molecule has 5 heteroatoms. The quantitative estimate of drug-likeness (QED) is 0.371. The van der Waals surface area contributed by atoms with E-state index in [1.807, 2.05) is 71.6 Å². The number of rotatable bonds is 3. The maximum absolute atomic E-state index is 13.8. The van der Waals surface area contributed by atoms with E-state index in [1.165, 1.54) is 0 Å². The van der Waals surface area contributed by atoms with Gasteiger partial charge < -0.3 is 14.8 Å². The van der Waals surface area contributed by atoms with Crippen molar-refractivity contribution in [2.24, 2.45) is 0 Å². The highest BCUT2D eigenvalue weighted by molar-refractivity contribution is 6.30. The summed E-state index contributed by atoms with van der Waals surface area (Å²) >= 11 is 6.37. The Morgan fingerprint density at radius 3 is 2.66 bits per heavy atom. The van der Waals surface area contributed by atoms with Crippen LogP contribution in [0.25, 0.3) is 5.69 Å². The highest BCUT2D eigenvalue weighted by Crippen LogP contribution is 2.37. The zero-order valence-electron chi connectivity index (χ0n) is 17.8. The molecule has 0 aliphatic carbocycles. The monoisotopic (exact) mass is 441 g/mol. The van der Waals surface area contributed by atoms with Crippen LogP contribution in [0.4, 0.5) is 10.5 Å². The number of hydrogen-bond acceptors (Lipinski definition) is 1. The third kappa shape index (κ3) is 3.67. The molecule has 1 atom stereocenters. The Morgan fingerprint density at radius 1 is 1.00 bits per heavy atom. The number of benzene rings is 3. The summed E-state index contributed by atoms with van der Waals surface area (Å²) in [4.78, 5) is 15.7. The van der Waals surface area contributed by atoms with Crippen LogP contribution in [0.5, 0.6) is 0 Å². The summed E-state index contributed by atoms with van der Waals surface area (Å²) in [6.45, 7) is 2.57. The summed E-state index contributed by atoms with van der Waals surface area (Å²) in [7, 11) is 0. The van der Waals surface area contributed by atoms with Crippen molar-refractivity contribution in [3.05, 3.63) is 119 Å². The van der Waals surface area contributed by atoms with Crippen LogP contribution < -0.4 is 5.32 Å². The maximum atomic E-state index is 13.8. The van der Waals surface area contributed by atoms with Crippen LogP contribution in [0.15, 0.2) is 91.1 Å². The molecule has 160 valence electrons. The van der Waals surface area contributed by atoms with Crippen molar-refractivity contribution in [2.75, 3.05) is 5.32 Å². The molecule has 3 aromatic carbocycles. The molecule has 0 saturated carbocycles. The van der Waals surface area contributed by atoms with Crippen LogP contribution in [-0.2, 0) is 13.0 Å². The lowest BCUT2D eigenvalue weighted by Gasteiger charge is -2.31. The number of carbonyl (C=O) groups excluding carboxylic acids is 1. The van der Waals surface area contributed by atoms with Gasteiger partial charge in [0, 0.05) is 22.6 Å². The summed E-state index contributed by atoms with van der Waals surface area (Å²) in [6.07, 6.45) is 2.90. The van der Waals surface area contributed by atoms with Gasteiger partial charge in [0.25, 0.3) is 0 Å². The third-order valence-corrected chi connectivity index (χ3v) is 6.26. The Bertz CT molecular complexity index is 1280. The van der Waals surface area contributed by atoms with E-state index < -0.39 is 0 Å². The predicted molar refractivity (Wildman–Crippen MR) is 129 cm³/mol. The van der Waals surface area contributed by atoms with E-state index in [4.69, 9.17) is 11.6 Å². The number of urea groups is 1. The summed E-state index contributed by atoms with van der Waals surface area (Å²) in [5, 5.41) is 3.82. The number of aromatic nitrogens is 1. The number of halogens is 1. The fourth-order valence-electron chi connectivity index (χ4n) is 4.50. The third-order valence-electron chi connectivity index (χ3n) is 6.03. The van der Waals surface area contributed by atoms with Crippen molar-refractivity contribution in [2.45, 2.75) is 25.9 Å². The molecule has 4 nitrogen and oxygen atoms in total. The maximum Gasteiger partial charge on any atom is 0.322 e. The number of hydrogen-bond donors (Lipinski definition) is 1. The molecule has 0 spiro atoms. The normalized spacial score (nSPS) is 14.9. The molecule has 2 amide bonds. The van der Waals surface area contributed by atoms with Crippen molar-refractivity contribution in [3.63, 3.8) is 0 Å². The summed E-state index contributed by atoms with van der Waals surface area (Å²) in [5.41, 5.74) is 6.13. The fourth-order valence-corrected chi connectivity index (χ4v) is 4.70. The molecule has 4 aromatic rings. The average molecular weight is 442 g/mol. The number of amides is 2. The van der Waals surface area contributed by atoms with Gasteiger partial charge in [-0.1, -0.05) is 67.1 Å². The minimum atomic E-state index is -0.287. The number of anilines is 1. The Hall–Kier alpha value is -3.50. The largest absolute Gasteiger partial charge is 0.322 e. The van der Waals surface area contributed by atoms with Crippen molar-refractivity contribution >= 4 is 23.3 Å². The molecular formula is C27H24ClN3O. The van der Waals surface area contributed by atoms with Gasteiger partial charge in [-0.3, -0.25) is 0 Å². The van der Waals surface area contributed by atoms with Gasteiger partial charge in [-0.15, -0.1) is 0 Å². The van der Waals surface area contributed by atoms with E-state index in [1.54, 1.807) is 0 Å². The molecule has 0 saturated heterocycles. The van der Waals surface area contributed by atoms with E-state index in [0.29, 0.717) is 11.6 Å². The smallest absolute Gasteiger partial charge is 0.318 e. The van der Waals surface area contributed by atoms with E-state index in [2.05, 4.69) is 41.2 Å². The van der Waals surface area contributed by atoms with Gasteiger partial charge in [-0.25, -0.2) is 4.79 Å². The Labute approximate surface area is 193 Å². The van der Waals surface area contributed by atoms with E-state index in [9.17, 15) is 4.79 Å². The zero-order chi connectivity index (χ0) is 22.1. The Kier molecular flexibility index (Phi) is 5.46. The van der Waals surface area contributed by atoms with Crippen molar-refractivity contribution in [1.29, 1.82) is 0 Å². The number of aryl methyl sites for hydroxylation is 1. The number of carbonyl (C=O) groups is 1. The second kappa shape index (κ2) is 8.56. The summed E-state index contributed by atoms with van der Waals surface area (Å²) in [5.74, 6) is 0. The molecule has 1 aliphatic heterocycles. The second-order valence-electron chi connectivity index (χ2n) is 7.96. The van der Waals surface area contributed by atoms with Crippen molar-refractivity contribution in [3.8, 4) is 5.69 Å². The Morgan fingerprint density at radius 2 is 1.81 bits per heavy atom. The van der Waals surface area contributed by atoms with Crippen molar-refractivity contribution in [1.82, 2.24) is 9.47 Å². The van der Waals surface area contributed by atoms with Crippen LogP contribution in [0.2, 0.25) is 5.02 Å². The number of nitrogens with one attached hydrogen (secondary N) is 1. The predicted octanol–water partition coefficient (Wildman–Crippen LogP) is 6.83. The lowest BCUT2D eigenvalue weighted by Crippen LogP contribution is -2.38. The first-order valence-corrected chi connectivity index (χ1v) is 11.2. The minimum Gasteiger partial charge on any atom is -0.318 e. The molecule has 1 N–H and O–H groups in total. The van der Waals surface area contributed by atoms with Gasteiger partial charge >= 0.3 is 6.03 Å². The molecule has 0 unspecified atom stereocenters. The number of para-hydroxylation sites is 2. The standard InChI is InChI=1S/C27H24ClN3O/c1-2-19-9-3-5-13-23(19)29-27(32)31-18-21-10-4-6-14-24(21)30-16-8-15-25(30)26(31)20-11-7-12-22(28)17-20/h3-17,26H,2,18H2,1H3,(H,29,32)/t26-/m1/s1. The van der Waals surface area contributed by atoms with Crippen LogP contribution in [-0.4, -0.2) is 15.5 Å². The molecule has 32 heavy (non-hydrogen) atoms. The van der Waals surface area contributed by atoms with Gasteiger partial charge in [0.1, 0.15) is 0 Å². The molecule has 0 radical (unpaired) electrons. The van der Waals surface area contributed by atoms with Gasteiger partial charge in [0.05, 0.1) is 18.3 Å². The molecule has 0 fully saturated rings. The van der Waals surface area contributed by atoms with Gasteiger partial charge in [0.15, 0.2) is 0 Å². The van der Waals surface area contributed by atoms with Crippen LogP contribution in [0, 0.1) is 0 Å². The van der Waals surface area contributed by atoms with E-state index in [0.717, 1.165) is 40.2 Å². The SMILES string of the molecule is CCc1ccccc1NC(=O)N1Cc2ccccc2-n2cccc2[C@H]1c1cccc(Cl)c1. The first kappa shape index (κ1) is 20.4.